The molecule has 0 aliphatic rings. The molecule has 0 spiro atoms. The number of carbonyl (C=O) groups excluding carboxylic acids is 2. The van der Waals surface area contributed by atoms with Crippen LogP contribution in [-0.4, -0.2) is 17.5 Å². The van der Waals surface area contributed by atoms with Crippen LogP contribution in [0.5, 0.6) is 0 Å². The van der Waals surface area contributed by atoms with Crippen molar-refractivity contribution in [3.05, 3.63) is 65.2 Å². The van der Waals surface area contributed by atoms with Crippen LogP contribution in [0.25, 0.3) is 6.08 Å². The first-order valence-corrected chi connectivity index (χ1v) is 8.58. The largest absolute Gasteiger partial charge is 0.457 e. The molecule has 0 fully saturated rings. The van der Waals surface area contributed by atoms with Crippen molar-refractivity contribution in [2.24, 2.45) is 0 Å². The number of nitrogen functional groups attached to an aromatic ring is 1. The molecule has 148 valence electrons. The second-order valence-corrected chi connectivity index (χ2v) is 7.16. The average Bonchev–Trinajstić information content (AvgIpc) is 2.60. The van der Waals surface area contributed by atoms with Crippen LogP contribution >= 0.6 is 0 Å². The van der Waals surface area contributed by atoms with E-state index in [0.29, 0.717) is 5.56 Å². The van der Waals surface area contributed by atoms with E-state index in [4.69, 9.17) is 10.5 Å². The third kappa shape index (κ3) is 6.19. The summed E-state index contributed by atoms with van der Waals surface area (Å²) in [6.07, 6.45) is 2.97. The molecule has 0 atom stereocenters. The zero-order valence-electron chi connectivity index (χ0n) is 15.9. The number of amides is 1. The predicted molar refractivity (Wildman–Crippen MR) is 104 cm³/mol. The molecule has 3 N–H and O–H groups in total. The molecule has 0 saturated heterocycles. The van der Waals surface area contributed by atoms with E-state index in [1.54, 1.807) is 51.1 Å². The van der Waals surface area contributed by atoms with Gasteiger partial charge in [0.15, 0.2) is 11.6 Å². The predicted octanol–water partition coefficient (Wildman–Crippen LogP) is 4.08. The van der Waals surface area contributed by atoms with Gasteiger partial charge in [0.2, 0.25) is 5.91 Å². The number of hydrogen-bond acceptors (Lipinski definition) is 4. The molecule has 0 unspecified atom stereocenters. The number of carbonyl (C=O) groups is 2. The van der Waals surface area contributed by atoms with Gasteiger partial charge in [0, 0.05) is 6.08 Å². The number of halogens is 2. The Morgan fingerprint density at radius 3 is 2.36 bits per heavy atom. The Morgan fingerprint density at radius 1 is 1.11 bits per heavy atom. The van der Waals surface area contributed by atoms with Crippen LogP contribution in [0.15, 0.2) is 42.5 Å². The Bertz CT molecular complexity index is 901. The molecule has 5 nitrogen and oxygen atoms in total. The molecule has 0 bridgehead atoms. The Hall–Kier alpha value is -3.22. The lowest BCUT2D eigenvalue weighted by molar-refractivity contribution is -0.148. The zero-order valence-corrected chi connectivity index (χ0v) is 15.9. The van der Waals surface area contributed by atoms with Crippen molar-refractivity contribution in [2.45, 2.75) is 32.8 Å². The van der Waals surface area contributed by atoms with Crippen molar-refractivity contribution < 1.29 is 23.1 Å². The molecule has 28 heavy (non-hydrogen) atoms. The van der Waals surface area contributed by atoms with Crippen LogP contribution in [0.4, 0.5) is 20.2 Å². The van der Waals surface area contributed by atoms with Crippen molar-refractivity contribution in [3.8, 4) is 0 Å². The van der Waals surface area contributed by atoms with E-state index in [1.165, 1.54) is 12.1 Å². The quantitative estimate of drug-likeness (QED) is 0.459. The van der Waals surface area contributed by atoms with Gasteiger partial charge in [-0.2, -0.15) is 0 Å². The van der Waals surface area contributed by atoms with E-state index in [2.05, 4.69) is 5.32 Å². The number of nitrogens with one attached hydrogen (secondary N) is 1. The number of benzene rings is 2. The number of hydrogen-bond donors (Lipinski definition) is 2. The lowest BCUT2D eigenvalue weighted by Gasteiger charge is -2.17. The van der Waals surface area contributed by atoms with E-state index in [1.807, 2.05) is 0 Å². The van der Waals surface area contributed by atoms with Crippen LogP contribution in [0.2, 0.25) is 0 Å². The van der Waals surface area contributed by atoms with Gasteiger partial charge in [0.1, 0.15) is 5.60 Å². The summed E-state index contributed by atoms with van der Waals surface area (Å²) in [4.78, 5) is 23.8. The number of nitrogens with two attached hydrogens (primary N) is 1. The Kier molecular flexibility index (Phi) is 6.51. The second-order valence-electron chi connectivity index (χ2n) is 7.16. The van der Waals surface area contributed by atoms with Crippen LogP contribution in [0.1, 0.15) is 31.9 Å². The molecule has 0 heterocycles. The fourth-order valence-corrected chi connectivity index (χ4v) is 2.30. The van der Waals surface area contributed by atoms with Gasteiger partial charge >= 0.3 is 5.97 Å². The highest BCUT2D eigenvalue weighted by Gasteiger charge is 2.14. The third-order valence-corrected chi connectivity index (χ3v) is 3.57. The zero-order chi connectivity index (χ0) is 20.9. The molecular formula is C21H22F2N2O3. The summed E-state index contributed by atoms with van der Waals surface area (Å²) in [6, 6.07) is 9.04. The molecular weight excluding hydrogens is 366 g/mol. The smallest absolute Gasteiger partial charge is 0.331 e. The van der Waals surface area contributed by atoms with Crippen LogP contribution in [-0.2, 0) is 20.7 Å². The number of esters is 1. The molecule has 0 aliphatic heterocycles. The SMILES string of the molecule is CC(C)(C)OC(=O)/C=C/c1ccc(CC(=O)Nc2ccc(F)c(F)c2N)cc1. The summed E-state index contributed by atoms with van der Waals surface area (Å²) in [5.74, 6) is -3.14. The maximum atomic E-state index is 13.4. The molecule has 2 rings (SSSR count). The van der Waals surface area contributed by atoms with E-state index < -0.39 is 34.8 Å². The van der Waals surface area contributed by atoms with Crippen molar-refractivity contribution in [1.29, 1.82) is 0 Å². The topological polar surface area (TPSA) is 81.4 Å². The number of ether oxygens (including phenoxy) is 1. The summed E-state index contributed by atoms with van der Waals surface area (Å²) in [7, 11) is 0. The Morgan fingerprint density at radius 2 is 1.75 bits per heavy atom. The summed E-state index contributed by atoms with van der Waals surface area (Å²) >= 11 is 0. The van der Waals surface area contributed by atoms with Crippen LogP contribution in [0.3, 0.4) is 0 Å². The second kappa shape index (κ2) is 8.65. The standard InChI is InChI=1S/C21H22F2N2O3/c1-21(2,3)28-18(27)11-8-13-4-6-14(7-5-13)12-17(26)25-16-10-9-15(22)19(23)20(16)24/h4-11H,12,24H2,1-3H3,(H,25,26)/b11-8+. The van der Waals surface area contributed by atoms with E-state index >= 15 is 0 Å². The van der Waals surface area contributed by atoms with Crippen LogP contribution in [0, 0.1) is 11.6 Å². The lowest BCUT2D eigenvalue weighted by Crippen LogP contribution is -2.22. The highest BCUT2D eigenvalue weighted by atomic mass is 19.2. The molecule has 2 aromatic rings. The number of anilines is 2. The van der Waals surface area contributed by atoms with Gasteiger partial charge in [-0.3, -0.25) is 4.79 Å². The summed E-state index contributed by atoms with van der Waals surface area (Å²) in [5, 5.41) is 2.46. The Labute approximate surface area is 162 Å². The summed E-state index contributed by atoms with van der Waals surface area (Å²) in [5.41, 5.74) is 5.94. The number of rotatable bonds is 5. The minimum absolute atomic E-state index is 0.0146. The fourth-order valence-electron chi connectivity index (χ4n) is 2.30. The monoisotopic (exact) mass is 388 g/mol. The van der Waals surface area contributed by atoms with Crippen molar-refractivity contribution in [3.63, 3.8) is 0 Å². The highest BCUT2D eigenvalue weighted by molar-refractivity contribution is 5.95. The van der Waals surface area contributed by atoms with Gasteiger partial charge in [0.25, 0.3) is 0 Å². The summed E-state index contributed by atoms with van der Waals surface area (Å²) in [6.45, 7) is 5.35. The molecule has 0 aliphatic carbocycles. The maximum absolute atomic E-state index is 13.4. The van der Waals surface area contributed by atoms with E-state index in [9.17, 15) is 18.4 Å². The molecule has 7 heteroatoms. The van der Waals surface area contributed by atoms with Crippen molar-refractivity contribution in [2.75, 3.05) is 11.1 Å². The van der Waals surface area contributed by atoms with Gasteiger partial charge in [-0.05, 0) is 50.1 Å². The first-order valence-electron chi connectivity index (χ1n) is 8.58. The van der Waals surface area contributed by atoms with Crippen LogP contribution < -0.4 is 11.1 Å². The average molecular weight is 388 g/mol. The fraction of sp³-hybridized carbons (Fsp3) is 0.238. The van der Waals surface area contributed by atoms with Gasteiger partial charge in [0.05, 0.1) is 17.8 Å². The normalized spacial score (nSPS) is 11.5. The van der Waals surface area contributed by atoms with Crippen molar-refractivity contribution >= 4 is 29.3 Å². The minimum Gasteiger partial charge on any atom is -0.457 e. The molecule has 0 saturated carbocycles. The van der Waals surface area contributed by atoms with Gasteiger partial charge in [-0.25, -0.2) is 13.6 Å². The van der Waals surface area contributed by atoms with Gasteiger partial charge < -0.3 is 15.8 Å². The Balaban J connectivity index is 1.96. The molecule has 0 aromatic heterocycles. The van der Waals surface area contributed by atoms with Crippen molar-refractivity contribution in [1.82, 2.24) is 0 Å². The van der Waals surface area contributed by atoms with Gasteiger partial charge in [-0.15, -0.1) is 0 Å². The maximum Gasteiger partial charge on any atom is 0.331 e. The molecule has 0 radical (unpaired) electrons. The highest BCUT2D eigenvalue weighted by Crippen LogP contribution is 2.24. The third-order valence-electron chi connectivity index (χ3n) is 3.57. The van der Waals surface area contributed by atoms with E-state index in [-0.39, 0.29) is 12.1 Å². The first-order chi connectivity index (χ1) is 13.0. The molecule has 2 aromatic carbocycles. The van der Waals surface area contributed by atoms with Gasteiger partial charge in [-0.1, -0.05) is 24.3 Å². The van der Waals surface area contributed by atoms with E-state index in [0.717, 1.165) is 11.6 Å². The minimum atomic E-state index is -1.20. The first kappa shape index (κ1) is 21.1. The lowest BCUT2D eigenvalue weighted by atomic mass is 10.1. The summed E-state index contributed by atoms with van der Waals surface area (Å²) < 4.78 is 31.7. The molecule has 1 amide bonds.